The molecule has 0 N–H and O–H groups in total. The largest absolute Gasteiger partial charge is 0.343 e. The molecular weight excluding hydrogens is 386 g/mol. The van der Waals surface area contributed by atoms with Gasteiger partial charge < -0.3 is 9.80 Å². The Kier molecular flexibility index (Phi) is 7.23. The van der Waals surface area contributed by atoms with Crippen molar-refractivity contribution in [3.63, 3.8) is 0 Å². The maximum atomic E-state index is 12.8. The zero-order valence-electron chi connectivity index (χ0n) is 17.7. The highest BCUT2D eigenvalue weighted by Crippen LogP contribution is 2.44. The Morgan fingerprint density at radius 1 is 1.14 bits per heavy atom. The number of likely N-dealkylation sites (tertiary alicyclic amines) is 3. The molecule has 0 unspecified atom stereocenters. The maximum Gasteiger partial charge on any atom is 0.222 e. The quantitative estimate of drug-likeness (QED) is 0.735. The molecule has 3 heterocycles. The van der Waals surface area contributed by atoms with Gasteiger partial charge in [0.1, 0.15) is 0 Å². The molecule has 0 aromatic heterocycles. The van der Waals surface area contributed by atoms with Crippen molar-refractivity contribution in [2.45, 2.75) is 45.1 Å². The van der Waals surface area contributed by atoms with Crippen LogP contribution in [0.4, 0.5) is 0 Å². The van der Waals surface area contributed by atoms with Crippen LogP contribution in [0.15, 0.2) is 24.3 Å². The van der Waals surface area contributed by atoms with Crippen molar-refractivity contribution in [3.05, 3.63) is 35.4 Å². The van der Waals surface area contributed by atoms with Crippen molar-refractivity contribution in [2.75, 3.05) is 39.8 Å². The summed E-state index contributed by atoms with van der Waals surface area (Å²) in [7, 11) is 2.22. The zero-order valence-corrected chi connectivity index (χ0v) is 18.5. The van der Waals surface area contributed by atoms with E-state index in [9.17, 15) is 9.59 Å². The minimum Gasteiger partial charge on any atom is -0.343 e. The molecule has 1 aromatic rings. The molecule has 3 fully saturated rings. The minimum absolute atomic E-state index is 0. The lowest BCUT2D eigenvalue weighted by molar-refractivity contribution is -0.135. The Morgan fingerprint density at radius 2 is 1.93 bits per heavy atom. The van der Waals surface area contributed by atoms with Gasteiger partial charge in [-0.05, 0) is 50.3 Å². The van der Waals surface area contributed by atoms with Gasteiger partial charge in [-0.1, -0.05) is 24.3 Å². The van der Waals surface area contributed by atoms with E-state index in [0.29, 0.717) is 30.7 Å². The summed E-state index contributed by atoms with van der Waals surface area (Å²) in [4.78, 5) is 31.2. The molecule has 0 bridgehead atoms. The fourth-order valence-corrected chi connectivity index (χ4v) is 5.53. The number of fused-ring (bicyclic) bond motifs is 1. The Morgan fingerprint density at radius 3 is 2.69 bits per heavy atom. The number of aryl methyl sites for hydroxylation is 1. The van der Waals surface area contributed by atoms with Crippen LogP contribution < -0.4 is 0 Å². The molecule has 3 aliphatic rings. The van der Waals surface area contributed by atoms with Crippen LogP contribution in [0.3, 0.4) is 0 Å². The summed E-state index contributed by atoms with van der Waals surface area (Å²) in [6.07, 6.45) is 4.15. The highest BCUT2D eigenvalue weighted by molar-refractivity contribution is 5.85. The molecule has 3 aliphatic heterocycles. The molecule has 0 spiro atoms. The van der Waals surface area contributed by atoms with Gasteiger partial charge in [-0.2, -0.15) is 0 Å². The third-order valence-electron chi connectivity index (χ3n) is 6.99. The summed E-state index contributed by atoms with van der Waals surface area (Å²) >= 11 is 0. The zero-order chi connectivity index (χ0) is 19.7. The van der Waals surface area contributed by atoms with Gasteiger partial charge in [0.2, 0.25) is 11.8 Å². The van der Waals surface area contributed by atoms with Crippen LogP contribution >= 0.6 is 12.4 Å². The summed E-state index contributed by atoms with van der Waals surface area (Å²) < 4.78 is 0. The summed E-state index contributed by atoms with van der Waals surface area (Å²) in [5.41, 5.74) is 2.76. The number of piperidine rings is 1. The molecule has 1 aromatic carbocycles. The average molecular weight is 420 g/mol. The lowest BCUT2D eigenvalue weighted by atomic mass is 9.88. The predicted octanol–water partition coefficient (Wildman–Crippen LogP) is 3.27. The molecule has 0 radical (unpaired) electrons. The number of hydrogen-bond acceptors (Lipinski definition) is 3. The van der Waals surface area contributed by atoms with Gasteiger partial charge in [0, 0.05) is 57.5 Å². The Labute approximate surface area is 180 Å². The third-order valence-corrected chi connectivity index (χ3v) is 6.99. The topological polar surface area (TPSA) is 43.9 Å². The highest BCUT2D eigenvalue weighted by Gasteiger charge is 2.47. The van der Waals surface area contributed by atoms with E-state index in [0.717, 1.165) is 52.0 Å². The van der Waals surface area contributed by atoms with Gasteiger partial charge in [-0.3, -0.25) is 14.5 Å². The van der Waals surface area contributed by atoms with Crippen LogP contribution in [-0.2, 0) is 9.59 Å². The number of hydrogen-bond donors (Lipinski definition) is 0. The normalized spacial score (nSPS) is 27.1. The Bertz CT molecular complexity index is 741. The van der Waals surface area contributed by atoms with Crippen molar-refractivity contribution in [2.24, 2.45) is 11.8 Å². The second kappa shape index (κ2) is 9.48. The van der Waals surface area contributed by atoms with E-state index in [1.807, 2.05) is 4.90 Å². The first-order valence-electron chi connectivity index (χ1n) is 10.9. The van der Waals surface area contributed by atoms with E-state index in [1.165, 1.54) is 11.1 Å². The first-order chi connectivity index (χ1) is 13.5. The molecule has 4 rings (SSSR count). The number of halogens is 1. The monoisotopic (exact) mass is 419 g/mol. The first kappa shape index (κ1) is 22.1. The fraction of sp³-hybridized carbons (Fsp3) is 0.652. The molecule has 0 saturated carbocycles. The predicted molar refractivity (Wildman–Crippen MR) is 117 cm³/mol. The first-order valence-corrected chi connectivity index (χ1v) is 10.9. The van der Waals surface area contributed by atoms with Crippen molar-refractivity contribution in [3.8, 4) is 0 Å². The van der Waals surface area contributed by atoms with Crippen molar-refractivity contribution < 1.29 is 9.59 Å². The number of nitrogens with zero attached hydrogens (tertiary/aromatic N) is 3. The Balaban J connectivity index is 0.00000240. The van der Waals surface area contributed by atoms with Crippen LogP contribution in [0.2, 0.25) is 0 Å². The van der Waals surface area contributed by atoms with Gasteiger partial charge in [-0.25, -0.2) is 0 Å². The SMILES string of the molecule is Cc1ccccc1[C@H]1[C@@H]2CN(C(=O)CCCN3CCCCC3=O)C[C@@H]2CN1C.Cl. The summed E-state index contributed by atoms with van der Waals surface area (Å²) in [5, 5.41) is 0. The molecule has 2 amide bonds. The Hall–Kier alpha value is -1.59. The van der Waals surface area contributed by atoms with Crippen LogP contribution in [0.1, 0.15) is 49.3 Å². The van der Waals surface area contributed by atoms with Crippen LogP contribution in [0.25, 0.3) is 0 Å². The summed E-state index contributed by atoms with van der Waals surface area (Å²) in [6.45, 7) is 6.62. The molecule has 3 atom stereocenters. The van der Waals surface area contributed by atoms with Crippen molar-refractivity contribution >= 4 is 24.2 Å². The number of carbonyl (C=O) groups is 2. The molecule has 3 saturated heterocycles. The molecule has 29 heavy (non-hydrogen) atoms. The van der Waals surface area contributed by atoms with Crippen LogP contribution in [0, 0.1) is 18.8 Å². The molecule has 5 nitrogen and oxygen atoms in total. The standard InChI is InChI=1S/C23H33N3O2.ClH/c1-17-8-3-4-9-19(17)23-20-16-26(15-18(20)14-24(23)2)22(28)11-7-13-25-12-6-5-10-21(25)27;/h3-4,8-9,18,20,23H,5-7,10-16H2,1-2H3;1H/t18-,20+,23-;/m0./s1. The second-order valence-electron chi connectivity index (χ2n) is 8.91. The minimum atomic E-state index is 0. The molecule has 160 valence electrons. The van der Waals surface area contributed by atoms with E-state index in [1.54, 1.807) is 0 Å². The maximum absolute atomic E-state index is 12.8. The number of benzene rings is 1. The summed E-state index contributed by atoms with van der Waals surface area (Å²) in [6, 6.07) is 9.08. The highest BCUT2D eigenvalue weighted by atomic mass is 35.5. The van der Waals surface area contributed by atoms with Gasteiger partial charge in [-0.15, -0.1) is 12.4 Å². The molecule has 0 aliphatic carbocycles. The second-order valence-corrected chi connectivity index (χ2v) is 8.91. The lowest BCUT2D eigenvalue weighted by Gasteiger charge is -2.28. The van der Waals surface area contributed by atoms with Crippen LogP contribution in [0.5, 0.6) is 0 Å². The van der Waals surface area contributed by atoms with E-state index in [-0.39, 0.29) is 24.2 Å². The number of amides is 2. The van der Waals surface area contributed by atoms with Gasteiger partial charge >= 0.3 is 0 Å². The van der Waals surface area contributed by atoms with Gasteiger partial charge in [0.25, 0.3) is 0 Å². The average Bonchev–Trinajstić information content (AvgIpc) is 3.21. The van der Waals surface area contributed by atoms with Gasteiger partial charge in [0.05, 0.1) is 0 Å². The van der Waals surface area contributed by atoms with E-state index in [4.69, 9.17) is 0 Å². The smallest absolute Gasteiger partial charge is 0.222 e. The van der Waals surface area contributed by atoms with E-state index in [2.05, 4.69) is 48.0 Å². The van der Waals surface area contributed by atoms with E-state index >= 15 is 0 Å². The van der Waals surface area contributed by atoms with Crippen LogP contribution in [-0.4, -0.2) is 66.3 Å². The summed E-state index contributed by atoms with van der Waals surface area (Å²) in [5.74, 6) is 1.63. The van der Waals surface area contributed by atoms with Gasteiger partial charge in [0.15, 0.2) is 0 Å². The van der Waals surface area contributed by atoms with E-state index < -0.39 is 0 Å². The third kappa shape index (κ3) is 4.61. The molecular formula is C23H34ClN3O2. The van der Waals surface area contributed by atoms with Crippen molar-refractivity contribution in [1.29, 1.82) is 0 Å². The number of rotatable bonds is 5. The fourth-order valence-electron chi connectivity index (χ4n) is 5.53. The lowest BCUT2D eigenvalue weighted by Crippen LogP contribution is -2.37. The molecule has 6 heteroatoms. The van der Waals surface area contributed by atoms with Crippen molar-refractivity contribution in [1.82, 2.24) is 14.7 Å². The number of carbonyl (C=O) groups excluding carboxylic acids is 2.